The van der Waals surface area contributed by atoms with E-state index in [0.29, 0.717) is 0 Å². The lowest BCUT2D eigenvalue weighted by Gasteiger charge is -2.06. The summed E-state index contributed by atoms with van der Waals surface area (Å²) in [5.74, 6) is -1.39. The van der Waals surface area contributed by atoms with Crippen LogP contribution in [0.4, 0.5) is 10.1 Å². The van der Waals surface area contributed by atoms with E-state index in [-0.39, 0.29) is 22.8 Å². The Morgan fingerprint density at radius 3 is 2.85 bits per heavy atom. The zero-order chi connectivity index (χ0) is 14.7. The highest BCUT2D eigenvalue weighted by atomic mass is 32.1. The third-order valence-corrected chi connectivity index (χ3v) is 3.25. The number of nitrogens with two attached hydrogens (primary N) is 1. The highest BCUT2D eigenvalue weighted by Gasteiger charge is 2.13. The average molecular weight is 294 g/mol. The first kappa shape index (κ1) is 13.9. The number of rotatable bonds is 3. The Labute approximate surface area is 117 Å². The number of hydrogen-bond acceptors (Lipinski definition) is 5. The van der Waals surface area contributed by atoms with Gasteiger partial charge >= 0.3 is 0 Å². The van der Waals surface area contributed by atoms with E-state index in [9.17, 15) is 9.18 Å². The molecule has 8 heteroatoms. The molecular weight excluding hydrogens is 283 g/mol. The fraction of sp³-hybridized carbons (Fsp3) is 0.0833. The number of aryl methyl sites for hydroxylation is 1. The van der Waals surface area contributed by atoms with Gasteiger partial charge in [-0.2, -0.15) is 0 Å². The van der Waals surface area contributed by atoms with E-state index in [1.54, 1.807) is 12.3 Å². The number of nitrogens with zero attached hydrogens (tertiary/aromatic N) is 2. The summed E-state index contributed by atoms with van der Waals surface area (Å²) in [4.78, 5) is 15.8. The van der Waals surface area contributed by atoms with Crippen molar-refractivity contribution in [3.8, 4) is 0 Å². The summed E-state index contributed by atoms with van der Waals surface area (Å²) < 4.78 is 13.8. The van der Waals surface area contributed by atoms with Crippen LogP contribution in [-0.2, 0) is 0 Å². The van der Waals surface area contributed by atoms with Crippen LogP contribution in [0.15, 0.2) is 28.7 Å². The molecule has 6 nitrogen and oxygen atoms in total. The van der Waals surface area contributed by atoms with Crippen molar-refractivity contribution in [2.45, 2.75) is 6.92 Å². The summed E-state index contributed by atoms with van der Waals surface area (Å²) in [6.45, 7) is 1.77. The van der Waals surface area contributed by atoms with Gasteiger partial charge in [0.05, 0.1) is 10.7 Å². The standard InChI is InChI=1S/C12H11FN4O2S/c1-6-15-10(5-20-6)12(18)16-9-3-2-7(4-8(9)13)11(14)17-19/h2-5,19H,1H3,(H2,14,17)(H,16,18). The molecule has 0 aliphatic heterocycles. The third kappa shape index (κ3) is 2.91. The molecule has 1 aromatic carbocycles. The van der Waals surface area contributed by atoms with Crippen molar-refractivity contribution in [3.63, 3.8) is 0 Å². The van der Waals surface area contributed by atoms with Crippen LogP contribution < -0.4 is 11.1 Å². The first-order chi connectivity index (χ1) is 9.51. The molecular formula is C12H11FN4O2S. The first-order valence-electron chi connectivity index (χ1n) is 5.52. The summed E-state index contributed by atoms with van der Waals surface area (Å²) in [5.41, 5.74) is 5.79. The van der Waals surface area contributed by atoms with Crippen molar-refractivity contribution in [2.75, 3.05) is 5.32 Å². The van der Waals surface area contributed by atoms with Gasteiger partial charge in [-0.3, -0.25) is 4.79 Å². The smallest absolute Gasteiger partial charge is 0.275 e. The molecule has 0 atom stereocenters. The van der Waals surface area contributed by atoms with Gasteiger partial charge in [-0.05, 0) is 25.1 Å². The molecule has 20 heavy (non-hydrogen) atoms. The number of benzene rings is 1. The molecule has 0 saturated heterocycles. The van der Waals surface area contributed by atoms with Gasteiger partial charge in [-0.1, -0.05) is 5.16 Å². The van der Waals surface area contributed by atoms with Crippen molar-refractivity contribution in [1.82, 2.24) is 4.98 Å². The number of oxime groups is 1. The number of halogens is 1. The van der Waals surface area contributed by atoms with E-state index in [0.717, 1.165) is 11.1 Å². The van der Waals surface area contributed by atoms with Crippen LogP contribution in [0.25, 0.3) is 0 Å². The van der Waals surface area contributed by atoms with E-state index in [1.807, 2.05) is 0 Å². The molecule has 0 unspecified atom stereocenters. The van der Waals surface area contributed by atoms with Gasteiger partial charge in [0, 0.05) is 10.9 Å². The van der Waals surface area contributed by atoms with Gasteiger partial charge in [0.15, 0.2) is 5.84 Å². The molecule has 1 aromatic heterocycles. The molecule has 2 aromatic rings. The Morgan fingerprint density at radius 1 is 1.55 bits per heavy atom. The van der Waals surface area contributed by atoms with Crippen molar-refractivity contribution in [3.05, 3.63) is 45.7 Å². The SMILES string of the molecule is Cc1nc(C(=O)Nc2ccc(/C(N)=N/O)cc2F)cs1. The second-order valence-electron chi connectivity index (χ2n) is 3.89. The Morgan fingerprint density at radius 2 is 2.30 bits per heavy atom. The molecule has 0 spiro atoms. The number of carbonyl (C=O) groups excluding carboxylic acids is 1. The Kier molecular flexibility index (Phi) is 3.94. The van der Waals surface area contributed by atoms with Crippen LogP contribution in [0, 0.1) is 12.7 Å². The summed E-state index contributed by atoms with van der Waals surface area (Å²) in [6.07, 6.45) is 0. The van der Waals surface area contributed by atoms with E-state index in [1.165, 1.54) is 23.5 Å². The first-order valence-corrected chi connectivity index (χ1v) is 6.40. The fourth-order valence-electron chi connectivity index (χ4n) is 1.49. The molecule has 1 heterocycles. The molecule has 0 aliphatic rings. The maximum atomic E-state index is 13.8. The molecule has 0 saturated carbocycles. The molecule has 1 amide bonds. The van der Waals surface area contributed by atoms with Crippen LogP contribution in [0.3, 0.4) is 0 Å². The van der Waals surface area contributed by atoms with Crippen LogP contribution in [0.2, 0.25) is 0 Å². The molecule has 2 rings (SSSR count). The Hall–Kier alpha value is -2.48. The number of amidine groups is 1. The molecule has 104 valence electrons. The number of thiazole rings is 1. The summed E-state index contributed by atoms with van der Waals surface area (Å²) in [6, 6.07) is 3.83. The number of amides is 1. The van der Waals surface area contributed by atoms with Crippen LogP contribution in [0.1, 0.15) is 21.1 Å². The predicted octanol–water partition coefficient (Wildman–Crippen LogP) is 1.94. The molecule has 4 N–H and O–H groups in total. The van der Waals surface area contributed by atoms with E-state index < -0.39 is 11.7 Å². The van der Waals surface area contributed by atoms with Crippen LogP contribution in [0.5, 0.6) is 0 Å². The minimum Gasteiger partial charge on any atom is -0.409 e. The molecule has 0 bridgehead atoms. The van der Waals surface area contributed by atoms with Gasteiger partial charge in [0.25, 0.3) is 5.91 Å². The highest BCUT2D eigenvalue weighted by Crippen LogP contribution is 2.17. The summed E-state index contributed by atoms with van der Waals surface area (Å²) in [5, 5.41) is 16.0. The van der Waals surface area contributed by atoms with E-state index >= 15 is 0 Å². The van der Waals surface area contributed by atoms with Gasteiger partial charge in [-0.25, -0.2) is 9.37 Å². The van der Waals surface area contributed by atoms with Crippen molar-refractivity contribution in [1.29, 1.82) is 0 Å². The minimum absolute atomic E-state index is 0.00450. The predicted molar refractivity (Wildman–Crippen MR) is 73.7 cm³/mol. The third-order valence-electron chi connectivity index (χ3n) is 2.47. The Bertz CT molecular complexity index is 684. The van der Waals surface area contributed by atoms with Gasteiger partial charge < -0.3 is 16.3 Å². The lowest BCUT2D eigenvalue weighted by molar-refractivity contribution is 0.102. The number of nitrogens with one attached hydrogen (secondary N) is 1. The molecule has 0 aliphatic carbocycles. The maximum Gasteiger partial charge on any atom is 0.275 e. The lowest BCUT2D eigenvalue weighted by Crippen LogP contribution is -2.16. The molecule has 0 fully saturated rings. The molecule has 0 radical (unpaired) electrons. The topological polar surface area (TPSA) is 101 Å². The monoisotopic (exact) mass is 294 g/mol. The van der Waals surface area contributed by atoms with Crippen molar-refractivity contribution >= 4 is 28.8 Å². The largest absolute Gasteiger partial charge is 0.409 e. The van der Waals surface area contributed by atoms with Gasteiger partial charge in [0.2, 0.25) is 0 Å². The fourth-order valence-corrected chi connectivity index (χ4v) is 2.08. The number of aromatic nitrogens is 1. The van der Waals surface area contributed by atoms with E-state index in [4.69, 9.17) is 10.9 Å². The average Bonchev–Trinajstić information content (AvgIpc) is 2.86. The second-order valence-corrected chi connectivity index (χ2v) is 4.95. The quantitative estimate of drug-likeness (QED) is 0.348. The minimum atomic E-state index is -0.686. The zero-order valence-corrected chi connectivity index (χ0v) is 11.2. The highest BCUT2D eigenvalue weighted by molar-refractivity contribution is 7.09. The normalized spacial score (nSPS) is 11.4. The second kappa shape index (κ2) is 5.66. The number of carbonyl (C=O) groups is 1. The zero-order valence-electron chi connectivity index (χ0n) is 10.4. The van der Waals surface area contributed by atoms with Crippen molar-refractivity contribution in [2.24, 2.45) is 10.9 Å². The van der Waals surface area contributed by atoms with Gasteiger partial charge in [0.1, 0.15) is 11.5 Å². The number of hydrogen-bond donors (Lipinski definition) is 3. The summed E-state index contributed by atoms with van der Waals surface area (Å²) >= 11 is 1.33. The van der Waals surface area contributed by atoms with Gasteiger partial charge in [-0.15, -0.1) is 11.3 Å². The van der Waals surface area contributed by atoms with Crippen LogP contribution >= 0.6 is 11.3 Å². The van der Waals surface area contributed by atoms with Crippen LogP contribution in [-0.4, -0.2) is 21.9 Å². The van der Waals surface area contributed by atoms with Crippen molar-refractivity contribution < 1.29 is 14.4 Å². The van der Waals surface area contributed by atoms with E-state index in [2.05, 4.69) is 15.5 Å². The Balaban J connectivity index is 2.20. The number of anilines is 1. The summed E-state index contributed by atoms with van der Waals surface area (Å²) in [7, 11) is 0. The lowest BCUT2D eigenvalue weighted by atomic mass is 10.2. The maximum absolute atomic E-state index is 13.8.